The van der Waals surface area contributed by atoms with Gasteiger partial charge >= 0.3 is 0 Å². The standard InChI is InChI=1S/C8H11F2N3/c1-4-6(2-11)13-3-5(7(4)12)8(9)10/h3,8H,2,11H2,1H3,(H2,12,13). The molecule has 1 aromatic heterocycles. The minimum absolute atomic E-state index is 0.0884. The van der Waals surface area contributed by atoms with Gasteiger partial charge in [-0.3, -0.25) is 4.98 Å². The maximum absolute atomic E-state index is 12.3. The van der Waals surface area contributed by atoms with Gasteiger partial charge in [0.05, 0.1) is 11.3 Å². The smallest absolute Gasteiger partial charge is 0.267 e. The van der Waals surface area contributed by atoms with Crippen LogP contribution in [0, 0.1) is 6.92 Å². The molecule has 4 N–H and O–H groups in total. The Morgan fingerprint density at radius 2 is 2.15 bits per heavy atom. The van der Waals surface area contributed by atoms with E-state index < -0.39 is 6.43 Å². The molecular weight excluding hydrogens is 176 g/mol. The van der Waals surface area contributed by atoms with E-state index in [4.69, 9.17) is 11.5 Å². The summed E-state index contributed by atoms with van der Waals surface area (Å²) in [5.41, 5.74) is 11.8. The van der Waals surface area contributed by atoms with Crippen molar-refractivity contribution in [3.05, 3.63) is 23.0 Å². The van der Waals surface area contributed by atoms with Crippen molar-refractivity contribution >= 4 is 5.69 Å². The molecule has 0 aliphatic rings. The van der Waals surface area contributed by atoms with E-state index in [9.17, 15) is 8.78 Å². The van der Waals surface area contributed by atoms with Crippen LogP contribution in [0.4, 0.5) is 14.5 Å². The monoisotopic (exact) mass is 187 g/mol. The number of aromatic nitrogens is 1. The van der Waals surface area contributed by atoms with Crippen LogP contribution in [0.3, 0.4) is 0 Å². The van der Waals surface area contributed by atoms with E-state index in [0.29, 0.717) is 11.3 Å². The minimum Gasteiger partial charge on any atom is -0.398 e. The van der Waals surface area contributed by atoms with Gasteiger partial charge in [-0.25, -0.2) is 8.78 Å². The molecule has 1 heterocycles. The van der Waals surface area contributed by atoms with Gasteiger partial charge in [0.15, 0.2) is 0 Å². The molecule has 1 aromatic rings. The van der Waals surface area contributed by atoms with E-state index in [0.717, 1.165) is 6.20 Å². The summed E-state index contributed by atoms with van der Waals surface area (Å²) in [6, 6.07) is 0. The van der Waals surface area contributed by atoms with E-state index >= 15 is 0 Å². The number of pyridine rings is 1. The predicted octanol–water partition coefficient (Wildman–Crippen LogP) is 1.37. The SMILES string of the molecule is Cc1c(CN)ncc(C(F)F)c1N. The second-order valence-electron chi connectivity index (χ2n) is 2.70. The van der Waals surface area contributed by atoms with E-state index in [2.05, 4.69) is 4.98 Å². The summed E-state index contributed by atoms with van der Waals surface area (Å²) in [4.78, 5) is 3.79. The summed E-state index contributed by atoms with van der Waals surface area (Å²) >= 11 is 0. The lowest BCUT2D eigenvalue weighted by molar-refractivity contribution is 0.151. The van der Waals surface area contributed by atoms with E-state index in [1.807, 2.05) is 0 Å². The third kappa shape index (κ3) is 1.75. The number of anilines is 1. The topological polar surface area (TPSA) is 64.9 Å². The average molecular weight is 187 g/mol. The van der Waals surface area contributed by atoms with Gasteiger partial charge in [-0.2, -0.15) is 0 Å². The number of nitrogens with two attached hydrogens (primary N) is 2. The molecule has 0 spiro atoms. The van der Waals surface area contributed by atoms with Gasteiger partial charge in [0.25, 0.3) is 6.43 Å². The van der Waals surface area contributed by atoms with Crippen LogP contribution in [-0.2, 0) is 6.54 Å². The van der Waals surface area contributed by atoms with Crippen LogP contribution in [0.25, 0.3) is 0 Å². The van der Waals surface area contributed by atoms with Crippen molar-refractivity contribution in [2.75, 3.05) is 5.73 Å². The Bertz CT molecular complexity index is 313. The highest BCUT2D eigenvalue weighted by molar-refractivity contribution is 5.54. The summed E-state index contributed by atoms with van der Waals surface area (Å²) in [5, 5.41) is 0. The van der Waals surface area contributed by atoms with Crippen molar-refractivity contribution in [2.24, 2.45) is 5.73 Å². The molecule has 0 atom stereocenters. The molecule has 1 rings (SSSR count). The maximum atomic E-state index is 12.3. The van der Waals surface area contributed by atoms with Crippen molar-refractivity contribution in [1.82, 2.24) is 4.98 Å². The maximum Gasteiger partial charge on any atom is 0.267 e. The molecule has 0 amide bonds. The minimum atomic E-state index is -2.59. The first-order chi connectivity index (χ1) is 6.07. The Morgan fingerprint density at radius 1 is 1.54 bits per heavy atom. The zero-order valence-electron chi connectivity index (χ0n) is 7.22. The van der Waals surface area contributed by atoms with Crippen molar-refractivity contribution in [3.63, 3.8) is 0 Å². The first-order valence-electron chi connectivity index (χ1n) is 3.80. The van der Waals surface area contributed by atoms with Crippen LogP contribution in [0.5, 0.6) is 0 Å². The number of nitrogen functional groups attached to an aromatic ring is 1. The van der Waals surface area contributed by atoms with Gasteiger partial charge in [-0.05, 0) is 12.5 Å². The Balaban J connectivity index is 3.23. The van der Waals surface area contributed by atoms with Gasteiger partial charge in [-0.1, -0.05) is 0 Å². The molecule has 0 aromatic carbocycles. The van der Waals surface area contributed by atoms with Crippen LogP contribution in [0.2, 0.25) is 0 Å². The number of rotatable bonds is 2. The molecule has 0 aliphatic heterocycles. The fourth-order valence-electron chi connectivity index (χ4n) is 1.07. The van der Waals surface area contributed by atoms with Crippen molar-refractivity contribution in [1.29, 1.82) is 0 Å². The van der Waals surface area contributed by atoms with Crippen molar-refractivity contribution in [2.45, 2.75) is 19.9 Å². The first kappa shape index (κ1) is 9.85. The zero-order valence-corrected chi connectivity index (χ0v) is 7.22. The fraction of sp³-hybridized carbons (Fsp3) is 0.375. The highest BCUT2D eigenvalue weighted by Crippen LogP contribution is 2.27. The van der Waals surface area contributed by atoms with Crippen LogP contribution in [0.15, 0.2) is 6.20 Å². The quantitative estimate of drug-likeness (QED) is 0.734. The number of halogens is 2. The molecule has 0 aliphatic carbocycles. The number of nitrogens with zero attached hydrogens (tertiary/aromatic N) is 1. The van der Waals surface area contributed by atoms with Crippen LogP contribution in [0.1, 0.15) is 23.2 Å². The molecular formula is C8H11F2N3. The summed E-state index contributed by atoms with van der Waals surface area (Å²) in [6.07, 6.45) is -1.51. The lowest BCUT2D eigenvalue weighted by Gasteiger charge is -2.09. The van der Waals surface area contributed by atoms with Crippen molar-refractivity contribution < 1.29 is 8.78 Å². The predicted molar refractivity (Wildman–Crippen MR) is 46.2 cm³/mol. The van der Waals surface area contributed by atoms with E-state index in [1.54, 1.807) is 6.92 Å². The molecule has 72 valence electrons. The number of hydrogen-bond donors (Lipinski definition) is 2. The van der Waals surface area contributed by atoms with Crippen LogP contribution < -0.4 is 11.5 Å². The zero-order chi connectivity index (χ0) is 10.0. The van der Waals surface area contributed by atoms with Crippen LogP contribution in [-0.4, -0.2) is 4.98 Å². The van der Waals surface area contributed by atoms with Gasteiger partial charge in [-0.15, -0.1) is 0 Å². The average Bonchev–Trinajstić information content (AvgIpc) is 2.09. The largest absolute Gasteiger partial charge is 0.398 e. The summed E-state index contributed by atoms with van der Waals surface area (Å²) in [7, 11) is 0. The molecule has 0 saturated carbocycles. The third-order valence-corrected chi connectivity index (χ3v) is 1.94. The normalized spacial score (nSPS) is 10.8. The summed E-state index contributed by atoms with van der Waals surface area (Å²) in [5.74, 6) is 0. The fourth-order valence-corrected chi connectivity index (χ4v) is 1.07. The Morgan fingerprint density at radius 3 is 2.62 bits per heavy atom. The molecule has 0 unspecified atom stereocenters. The lowest BCUT2D eigenvalue weighted by Crippen LogP contribution is -2.07. The molecule has 0 fully saturated rings. The van der Waals surface area contributed by atoms with Crippen LogP contribution >= 0.6 is 0 Å². The summed E-state index contributed by atoms with van der Waals surface area (Å²) < 4.78 is 24.6. The van der Waals surface area contributed by atoms with Gasteiger partial charge in [0.2, 0.25) is 0 Å². The van der Waals surface area contributed by atoms with E-state index in [-0.39, 0.29) is 17.8 Å². The van der Waals surface area contributed by atoms with E-state index in [1.165, 1.54) is 0 Å². The highest BCUT2D eigenvalue weighted by atomic mass is 19.3. The molecule has 0 bridgehead atoms. The molecule has 3 nitrogen and oxygen atoms in total. The first-order valence-corrected chi connectivity index (χ1v) is 3.80. The number of hydrogen-bond acceptors (Lipinski definition) is 3. The van der Waals surface area contributed by atoms with Crippen molar-refractivity contribution in [3.8, 4) is 0 Å². The number of alkyl halides is 2. The molecule has 0 saturated heterocycles. The molecule has 0 radical (unpaired) electrons. The van der Waals surface area contributed by atoms with Gasteiger partial charge < -0.3 is 11.5 Å². The second kappa shape index (κ2) is 3.66. The Hall–Kier alpha value is -1.23. The van der Waals surface area contributed by atoms with Gasteiger partial charge in [0.1, 0.15) is 0 Å². The highest BCUT2D eigenvalue weighted by Gasteiger charge is 2.14. The molecule has 13 heavy (non-hydrogen) atoms. The molecule has 5 heteroatoms. The lowest BCUT2D eigenvalue weighted by atomic mass is 10.1. The Kier molecular flexibility index (Phi) is 2.77. The second-order valence-corrected chi connectivity index (χ2v) is 2.70. The third-order valence-electron chi connectivity index (χ3n) is 1.94. The summed E-state index contributed by atoms with van der Waals surface area (Å²) in [6.45, 7) is 1.84. The van der Waals surface area contributed by atoms with Gasteiger partial charge in [0, 0.05) is 18.4 Å². The Labute approximate surface area is 74.8 Å².